The van der Waals surface area contributed by atoms with Gasteiger partial charge in [0.15, 0.2) is 0 Å². The summed E-state index contributed by atoms with van der Waals surface area (Å²) in [6.07, 6.45) is 6.19. The van der Waals surface area contributed by atoms with Gasteiger partial charge in [0.2, 0.25) is 0 Å². The van der Waals surface area contributed by atoms with Gasteiger partial charge in [-0.2, -0.15) is 0 Å². The summed E-state index contributed by atoms with van der Waals surface area (Å²) >= 11 is 0. The van der Waals surface area contributed by atoms with Crippen LogP contribution in [0.2, 0.25) is 0 Å². The molecule has 2 nitrogen and oxygen atoms in total. The molecule has 0 saturated heterocycles. The second-order valence-corrected chi connectivity index (χ2v) is 2.27. The summed E-state index contributed by atoms with van der Waals surface area (Å²) in [4.78, 5) is 0. The van der Waals surface area contributed by atoms with Crippen molar-refractivity contribution in [3.05, 3.63) is 0 Å². The second kappa shape index (κ2) is 4.32. The first-order valence-electron chi connectivity index (χ1n) is 3.37. The molecule has 0 aliphatic heterocycles. The van der Waals surface area contributed by atoms with Crippen molar-refractivity contribution >= 4 is 0 Å². The zero-order chi connectivity index (χ0) is 8.04. The van der Waals surface area contributed by atoms with Gasteiger partial charge in [0.05, 0.1) is 0 Å². The van der Waals surface area contributed by atoms with Crippen molar-refractivity contribution in [2.45, 2.75) is 25.4 Å². The van der Waals surface area contributed by atoms with Crippen LogP contribution in [0.4, 0.5) is 0 Å². The maximum Gasteiger partial charge on any atom is 0.127 e. The first-order valence-corrected chi connectivity index (χ1v) is 3.37. The minimum Gasteiger partial charge on any atom is -0.385 e. The van der Waals surface area contributed by atoms with Gasteiger partial charge in [-0.1, -0.05) is 12.8 Å². The molecule has 0 aromatic carbocycles. The molecule has 0 radical (unpaired) electrons. The zero-order valence-electron chi connectivity index (χ0n) is 6.55. The largest absolute Gasteiger partial charge is 0.385 e. The van der Waals surface area contributed by atoms with Gasteiger partial charge < -0.3 is 9.84 Å². The third kappa shape index (κ3) is 2.86. The molecular weight excluding hydrogens is 128 g/mol. The highest BCUT2D eigenvalue weighted by Gasteiger charge is 2.19. The van der Waals surface area contributed by atoms with Crippen LogP contribution < -0.4 is 0 Å². The lowest BCUT2D eigenvalue weighted by Crippen LogP contribution is -2.26. The fourth-order valence-electron chi connectivity index (χ4n) is 0.622. The molecule has 0 spiro atoms. The molecule has 0 amide bonds. The molecule has 1 unspecified atom stereocenters. The van der Waals surface area contributed by atoms with Crippen molar-refractivity contribution in [1.82, 2.24) is 0 Å². The molecule has 0 rings (SSSR count). The number of hydrogen-bond donors (Lipinski definition) is 1. The van der Waals surface area contributed by atoms with E-state index in [4.69, 9.17) is 11.2 Å². The number of terminal acetylenes is 1. The predicted octanol–water partition coefficient (Wildman–Crippen LogP) is 0.797. The molecular formula is C8H14O2. The summed E-state index contributed by atoms with van der Waals surface area (Å²) in [7, 11) is 1.59. The van der Waals surface area contributed by atoms with Gasteiger partial charge in [-0.3, -0.25) is 0 Å². The molecule has 0 bridgehead atoms. The van der Waals surface area contributed by atoms with E-state index in [0.717, 1.165) is 0 Å². The SMILES string of the molecule is C#CC(O)(CC)CCOC. The minimum atomic E-state index is -0.962. The summed E-state index contributed by atoms with van der Waals surface area (Å²) in [5.74, 6) is 2.34. The van der Waals surface area contributed by atoms with Gasteiger partial charge in [-0.15, -0.1) is 6.42 Å². The molecule has 0 aliphatic rings. The average molecular weight is 142 g/mol. The Morgan fingerprint density at radius 3 is 2.60 bits per heavy atom. The number of rotatable bonds is 4. The van der Waals surface area contributed by atoms with Crippen LogP contribution in [0.15, 0.2) is 0 Å². The lowest BCUT2D eigenvalue weighted by atomic mass is 9.98. The molecule has 1 N–H and O–H groups in total. The monoisotopic (exact) mass is 142 g/mol. The number of aliphatic hydroxyl groups is 1. The third-order valence-corrected chi connectivity index (χ3v) is 1.57. The molecule has 1 atom stereocenters. The smallest absolute Gasteiger partial charge is 0.127 e. The molecule has 0 aromatic rings. The van der Waals surface area contributed by atoms with E-state index in [1.807, 2.05) is 6.92 Å². The van der Waals surface area contributed by atoms with Crippen molar-refractivity contribution in [3.63, 3.8) is 0 Å². The Morgan fingerprint density at radius 1 is 1.70 bits per heavy atom. The van der Waals surface area contributed by atoms with Gasteiger partial charge in [0.25, 0.3) is 0 Å². The Balaban J connectivity index is 3.72. The minimum absolute atomic E-state index is 0.508. The Kier molecular flexibility index (Phi) is 4.10. The van der Waals surface area contributed by atoms with Crippen LogP contribution >= 0.6 is 0 Å². The molecule has 10 heavy (non-hydrogen) atoms. The summed E-state index contributed by atoms with van der Waals surface area (Å²) in [5, 5.41) is 9.44. The quantitative estimate of drug-likeness (QED) is 0.588. The van der Waals surface area contributed by atoms with Crippen LogP contribution in [0.1, 0.15) is 19.8 Å². The normalized spacial score (nSPS) is 15.8. The van der Waals surface area contributed by atoms with Crippen molar-refractivity contribution in [1.29, 1.82) is 0 Å². The van der Waals surface area contributed by atoms with Crippen molar-refractivity contribution in [2.24, 2.45) is 0 Å². The summed E-state index contributed by atoms with van der Waals surface area (Å²) in [6.45, 7) is 2.37. The van der Waals surface area contributed by atoms with Gasteiger partial charge in [-0.25, -0.2) is 0 Å². The summed E-state index contributed by atoms with van der Waals surface area (Å²) < 4.78 is 4.79. The first kappa shape index (κ1) is 9.48. The van der Waals surface area contributed by atoms with Gasteiger partial charge in [0, 0.05) is 20.1 Å². The average Bonchev–Trinajstić information content (AvgIpc) is 2.00. The van der Waals surface area contributed by atoms with E-state index in [0.29, 0.717) is 19.4 Å². The first-order chi connectivity index (χ1) is 4.68. The number of methoxy groups -OCH3 is 1. The number of ether oxygens (including phenoxy) is 1. The van der Waals surface area contributed by atoms with E-state index >= 15 is 0 Å². The molecule has 58 valence electrons. The van der Waals surface area contributed by atoms with E-state index in [-0.39, 0.29) is 0 Å². The van der Waals surface area contributed by atoms with Crippen molar-refractivity contribution in [2.75, 3.05) is 13.7 Å². The van der Waals surface area contributed by atoms with Crippen molar-refractivity contribution in [3.8, 4) is 12.3 Å². The third-order valence-electron chi connectivity index (χ3n) is 1.57. The Bertz CT molecular complexity index is 126. The Hall–Kier alpha value is -0.520. The van der Waals surface area contributed by atoms with Gasteiger partial charge in [-0.05, 0) is 6.42 Å². The van der Waals surface area contributed by atoms with Crippen molar-refractivity contribution < 1.29 is 9.84 Å². The summed E-state index contributed by atoms with van der Waals surface area (Å²) in [6, 6.07) is 0. The van der Waals surface area contributed by atoms with Crippen LogP contribution in [0.5, 0.6) is 0 Å². The highest BCUT2D eigenvalue weighted by Crippen LogP contribution is 2.12. The topological polar surface area (TPSA) is 29.5 Å². The van der Waals surface area contributed by atoms with E-state index < -0.39 is 5.60 Å². The van der Waals surface area contributed by atoms with Crippen LogP contribution in [-0.2, 0) is 4.74 Å². The molecule has 0 saturated carbocycles. The van der Waals surface area contributed by atoms with E-state index in [1.54, 1.807) is 7.11 Å². The van der Waals surface area contributed by atoms with E-state index in [9.17, 15) is 5.11 Å². The number of hydrogen-bond acceptors (Lipinski definition) is 2. The maximum atomic E-state index is 9.44. The predicted molar refractivity (Wildman–Crippen MR) is 40.6 cm³/mol. The van der Waals surface area contributed by atoms with Gasteiger partial charge >= 0.3 is 0 Å². The Morgan fingerprint density at radius 2 is 2.30 bits per heavy atom. The molecule has 0 fully saturated rings. The zero-order valence-corrected chi connectivity index (χ0v) is 6.55. The highest BCUT2D eigenvalue weighted by molar-refractivity contribution is 5.06. The van der Waals surface area contributed by atoms with E-state index in [1.165, 1.54) is 0 Å². The van der Waals surface area contributed by atoms with Crippen LogP contribution in [-0.4, -0.2) is 24.4 Å². The lowest BCUT2D eigenvalue weighted by molar-refractivity contribution is 0.0547. The molecule has 0 aromatic heterocycles. The fourth-order valence-corrected chi connectivity index (χ4v) is 0.622. The van der Waals surface area contributed by atoms with Crippen LogP contribution in [0, 0.1) is 12.3 Å². The second-order valence-electron chi connectivity index (χ2n) is 2.27. The van der Waals surface area contributed by atoms with Gasteiger partial charge in [0.1, 0.15) is 5.60 Å². The fraction of sp³-hybridized carbons (Fsp3) is 0.750. The van der Waals surface area contributed by atoms with Crippen LogP contribution in [0.25, 0.3) is 0 Å². The Labute approximate surface area is 62.2 Å². The standard InChI is InChI=1S/C8H14O2/c1-4-8(9,5-2)6-7-10-3/h1,9H,5-7H2,2-3H3. The van der Waals surface area contributed by atoms with E-state index in [2.05, 4.69) is 5.92 Å². The molecule has 0 aliphatic carbocycles. The lowest BCUT2D eigenvalue weighted by Gasteiger charge is -2.18. The molecule has 2 heteroatoms. The maximum absolute atomic E-state index is 9.44. The summed E-state index contributed by atoms with van der Waals surface area (Å²) in [5.41, 5.74) is -0.962. The molecule has 0 heterocycles. The highest BCUT2D eigenvalue weighted by atomic mass is 16.5. The van der Waals surface area contributed by atoms with Crippen LogP contribution in [0.3, 0.4) is 0 Å².